The Morgan fingerprint density at radius 3 is 1.84 bits per heavy atom. The molecule has 0 aliphatic carbocycles. The van der Waals surface area contributed by atoms with Crippen LogP contribution in [0.5, 0.6) is 0 Å². The Hall–Kier alpha value is -0.120. The van der Waals surface area contributed by atoms with Gasteiger partial charge >= 0.3 is 0 Å². The fourth-order valence-corrected chi connectivity index (χ4v) is 4.91. The monoisotopic (exact) mass is 354 g/mol. The van der Waals surface area contributed by atoms with Crippen LogP contribution in [0.1, 0.15) is 75.2 Å². The highest BCUT2D eigenvalue weighted by molar-refractivity contribution is 4.91. The van der Waals surface area contributed by atoms with Crippen molar-refractivity contribution in [1.29, 1.82) is 0 Å². The molecule has 2 aliphatic heterocycles. The lowest BCUT2D eigenvalue weighted by molar-refractivity contribution is -0.302. The van der Waals surface area contributed by atoms with Crippen molar-refractivity contribution in [3.63, 3.8) is 0 Å². The summed E-state index contributed by atoms with van der Waals surface area (Å²) >= 11 is 0. The second kappa shape index (κ2) is 8.71. The van der Waals surface area contributed by atoms with Gasteiger partial charge in [-0.25, -0.2) is 0 Å². The molecule has 0 spiro atoms. The Labute approximate surface area is 156 Å². The largest absolute Gasteiger partial charge is 0.372 e. The van der Waals surface area contributed by atoms with E-state index in [4.69, 9.17) is 14.2 Å². The van der Waals surface area contributed by atoms with Crippen LogP contribution < -0.4 is 0 Å². The van der Waals surface area contributed by atoms with Gasteiger partial charge in [0.1, 0.15) is 0 Å². The summed E-state index contributed by atoms with van der Waals surface area (Å²) in [6, 6.07) is 0. The van der Waals surface area contributed by atoms with Crippen molar-refractivity contribution in [2.45, 2.75) is 106 Å². The molecule has 2 heterocycles. The van der Waals surface area contributed by atoms with Gasteiger partial charge in [0.05, 0.1) is 24.4 Å². The van der Waals surface area contributed by atoms with Gasteiger partial charge in [0.2, 0.25) is 0 Å². The molecule has 0 bridgehead atoms. The first kappa shape index (κ1) is 21.2. The predicted molar refractivity (Wildman–Crippen MR) is 103 cm³/mol. The van der Waals surface area contributed by atoms with E-state index in [1.54, 1.807) is 0 Å². The van der Waals surface area contributed by atoms with Gasteiger partial charge in [-0.2, -0.15) is 0 Å². The van der Waals surface area contributed by atoms with Gasteiger partial charge in [0.25, 0.3) is 0 Å². The first-order valence-corrected chi connectivity index (χ1v) is 10.7. The molecule has 0 radical (unpaired) electrons. The molecule has 25 heavy (non-hydrogen) atoms. The van der Waals surface area contributed by atoms with E-state index < -0.39 is 0 Å². The van der Waals surface area contributed by atoms with Crippen LogP contribution in [0.2, 0.25) is 0 Å². The van der Waals surface area contributed by atoms with Gasteiger partial charge in [0.15, 0.2) is 6.29 Å². The minimum atomic E-state index is -0.107. The molecular weight excluding hydrogens is 312 g/mol. The quantitative estimate of drug-likeness (QED) is 0.650. The summed E-state index contributed by atoms with van der Waals surface area (Å²) in [6.45, 7) is 20.6. The summed E-state index contributed by atoms with van der Waals surface area (Å²) in [7, 11) is 0. The maximum Gasteiger partial charge on any atom is 0.161 e. The van der Waals surface area contributed by atoms with E-state index in [1.807, 2.05) is 0 Å². The third kappa shape index (κ3) is 4.25. The zero-order chi connectivity index (χ0) is 18.9. The van der Waals surface area contributed by atoms with E-state index in [2.05, 4.69) is 62.3 Å². The third-order valence-electron chi connectivity index (χ3n) is 7.30. The third-order valence-corrected chi connectivity index (χ3v) is 7.30. The first-order valence-electron chi connectivity index (χ1n) is 10.7. The van der Waals surface area contributed by atoms with E-state index in [0.717, 1.165) is 12.8 Å². The second-order valence-corrected chi connectivity index (χ2v) is 9.14. The lowest BCUT2D eigenvalue weighted by atomic mass is 9.76. The lowest BCUT2D eigenvalue weighted by Gasteiger charge is -2.50. The summed E-state index contributed by atoms with van der Waals surface area (Å²) < 4.78 is 19.6. The van der Waals surface area contributed by atoms with E-state index in [0.29, 0.717) is 47.7 Å². The Kier molecular flexibility index (Phi) is 7.38. The van der Waals surface area contributed by atoms with Crippen LogP contribution in [0.15, 0.2) is 0 Å². The Balaban J connectivity index is 2.14. The minimum Gasteiger partial charge on any atom is -0.372 e. The Morgan fingerprint density at radius 1 is 0.720 bits per heavy atom. The van der Waals surface area contributed by atoms with Crippen molar-refractivity contribution in [3.8, 4) is 0 Å². The van der Waals surface area contributed by atoms with Gasteiger partial charge in [0, 0.05) is 5.92 Å². The highest BCUT2D eigenvalue weighted by atomic mass is 16.7. The summed E-state index contributed by atoms with van der Waals surface area (Å²) in [4.78, 5) is 0. The number of ether oxygens (including phenoxy) is 3. The number of rotatable bonds is 5. The summed E-state index contributed by atoms with van der Waals surface area (Å²) in [5.74, 6) is 3.15. The van der Waals surface area contributed by atoms with E-state index in [9.17, 15) is 0 Å². The molecule has 0 aromatic carbocycles. The molecule has 0 aromatic rings. The molecule has 0 N–H and O–H groups in total. The van der Waals surface area contributed by atoms with Crippen LogP contribution in [0.3, 0.4) is 0 Å². The van der Waals surface area contributed by atoms with E-state index >= 15 is 0 Å². The van der Waals surface area contributed by atoms with Crippen LogP contribution in [-0.2, 0) is 14.2 Å². The summed E-state index contributed by atoms with van der Waals surface area (Å²) in [6.07, 6.45) is 2.87. The summed E-state index contributed by atoms with van der Waals surface area (Å²) in [5.41, 5.74) is 0. The molecule has 148 valence electrons. The fraction of sp³-hybridized carbons (Fsp3) is 1.00. The molecule has 2 aliphatic rings. The highest BCUT2D eigenvalue weighted by Crippen LogP contribution is 2.41. The second-order valence-electron chi connectivity index (χ2n) is 9.14. The average molecular weight is 355 g/mol. The van der Waals surface area contributed by atoms with E-state index in [1.165, 1.54) is 0 Å². The van der Waals surface area contributed by atoms with Crippen molar-refractivity contribution >= 4 is 0 Å². The molecule has 0 saturated carbocycles. The number of hydrogen-bond donors (Lipinski definition) is 0. The van der Waals surface area contributed by atoms with Crippen molar-refractivity contribution in [1.82, 2.24) is 0 Å². The predicted octanol–water partition coefficient (Wildman–Crippen LogP) is 5.52. The first-order chi connectivity index (χ1) is 11.7. The smallest absolute Gasteiger partial charge is 0.161 e. The van der Waals surface area contributed by atoms with Crippen LogP contribution in [0.4, 0.5) is 0 Å². The molecular formula is C22H42O3. The van der Waals surface area contributed by atoms with Gasteiger partial charge < -0.3 is 14.2 Å². The molecule has 4 unspecified atom stereocenters. The van der Waals surface area contributed by atoms with Crippen LogP contribution in [0.25, 0.3) is 0 Å². The van der Waals surface area contributed by atoms with Crippen molar-refractivity contribution in [3.05, 3.63) is 0 Å². The standard InChI is InChI=1S/C22H42O3/c1-10-18-14(6)13(5)17(9)22(24-18)25-21-16(8)15(7)20(12(3)4)23-19(21)11-2/h12-22H,10-11H2,1-9H3/t13-,14+,15?,16+,17?,18?,19?,20-,21-,22-/m0/s1. The van der Waals surface area contributed by atoms with Gasteiger partial charge in [-0.3, -0.25) is 0 Å². The zero-order valence-electron chi connectivity index (χ0n) is 18.0. The van der Waals surface area contributed by atoms with E-state index in [-0.39, 0.29) is 18.5 Å². The van der Waals surface area contributed by atoms with Crippen LogP contribution in [0, 0.1) is 35.5 Å². The molecule has 2 rings (SSSR count). The van der Waals surface area contributed by atoms with Crippen LogP contribution in [-0.4, -0.2) is 30.7 Å². The average Bonchev–Trinajstić information content (AvgIpc) is 2.58. The zero-order valence-corrected chi connectivity index (χ0v) is 18.0. The molecule has 3 nitrogen and oxygen atoms in total. The molecule has 2 saturated heterocycles. The highest BCUT2D eigenvalue weighted by Gasteiger charge is 2.46. The van der Waals surface area contributed by atoms with Gasteiger partial charge in [-0.05, 0) is 42.4 Å². The van der Waals surface area contributed by atoms with Crippen molar-refractivity contribution in [2.24, 2.45) is 35.5 Å². The molecule has 0 aromatic heterocycles. The molecule has 2 fully saturated rings. The maximum atomic E-state index is 6.66. The Bertz CT molecular complexity index is 406. The SMILES string of the molecule is CCC1O[C@@H](C(C)C)C(C)[C@@H](C)[C@@H]1O[C@@H]1OC(CC)[C@H](C)[C@H](C)C1C. The minimum absolute atomic E-state index is 0.107. The topological polar surface area (TPSA) is 27.7 Å². The van der Waals surface area contributed by atoms with Crippen molar-refractivity contribution in [2.75, 3.05) is 0 Å². The van der Waals surface area contributed by atoms with Crippen molar-refractivity contribution < 1.29 is 14.2 Å². The summed E-state index contributed by atoms with van der Waals surface area (Å²) in [5, 5.41) is 0. The normalized spacial score (nSPS) is 48.7. The van der Waals surface area contributed by atoms with Gasteiger partial charge in [-0.15, -0.1) is 0 Å². The molecule has 10 atom stereocenters. The van der Waals surface area contributed by atoms with Gasteiger partial charge in [-0.1, -0.05) is 62.3 Å². The van der Waals surface area contributed by atoms with Crippen LogP contribution >= 0.6 is 0 Å². The maximum absolute atomic E-state index is 6.66. The fourth-order valence-electron chi connectivity index (χ4n) is 4.91. The molecule has 0 amide bonds. The lowest BCUT2D eigenvalue weighted by Crippen LogP contribution is -2.55. The number of hydrogen-bond acceptors (Lipinski definition) is 3. The Morgan fingerprint density at radius 2 is 1.32 bits per heavy atom. The molecule has 3 heteroatoms.